The molecule has 5 heteroatoms. The highest BCUT2D eigenvalue weighted by atomic mass is 79.9. The normalized spacial score (nSPS) is 34.7. The molecule has 2 heterocycles. The van der Waals surface area contributed by atoms with Gasteiger partial charge in [0.2, 0.25) is 0 Å². The minimum atomic E-state index is -0.652. The number of hydrogen-bond acceptors (Lipinski definition) is 3. The third-order valence-corrected chi connectivity index (χ3v) is 5.49. The molecule has 0 saturated carbocycles. The Kier molecular flexibility index (Phi) is 3.65. The summed E-state index contributed by atoms with van der Waals surface area (Å²) in [6, 6.07) is 5.47. The van der Waals surface area contributed by atoms with Gasteiger partial charge in [0, 0.05) is 21.5 Å². The monoisotopic (exact) mass is 345 g/mol. The van der Waals surface area contributed by atoms with Crippen molar-refractivity contribution in [3.63, 3.8) is 0 Å². The van der Waals surface area contributed by atoms with Crippen molar-refractivity contribution in [1.29, 1.82) is 0 Å². The molecular weight excluding hydrogens is 330 g/mol. The van der Waals surface area contributed by atoms with Crippen molar-refractivity contribution >= 4 is 27.5 Å². The van der Waals surface area contributed by atoms with Crippen molar-refractivity contribution in [2.75, 3.05) is 6.54 Å². The number of halogens is 2. The summed E-state index contributed by atoms with van der Waals surface area (Å²) in [7, 11) is 0. The van der Waals surface area contributed by atoms with Gasteiger partial charge < -0.3 is 15.6 Å². The van der Waals surface area contributed by atoms with Gasteiger partial charge in [-0.2, -0.15) is 0 Å². The zero-order valence-corrected chi connectivity index (χ0v) is 12.8. The Balaban J connectivity index is 1.98. The number of hydrogen-bond donors (Lipinski definition) is 2. The molecule has 4 unspecified atom stereocenters. The number of aliphatic hydroxyl groups excluding tert-OH is 1. The average Bonchev–Trinajstić information content (AvgIpc) is 3.01. The Bertz CT molecular complexity index is 498. The molecule has 0 spiro atoms. The van der Waals surface area contributed by atoms with E-state index in [0.29, 0.717) is 11.6 Å². The maximum absolute atomic E-state index is 10.8. The lowest BCUT2D eigenvalue weighted by atomic mass is 9.68. The predicted molar refractivity (Wildman–Crippen MR) is 78.1 cm³/mol. The molecule has 4 atom stereocenters. The van der Waals surface area contributed by atoms with Crippen LogP contribution in [0.25, 0.3) is 0 Å². The summed E-state index contributed by atoms with van der Waals surface area (Å²) >= 11 is 9.53. The van der Waals surface area contributed by atoms with E-state index in [0.717, 1.165) is 29.3 Å². The second-order valence-corrected chi connectivity index (χ2v) is 6.82. The van der Waals surface area contributed by atoms with Gasteiger partial charge in [0.25, 0.3) is 0 Å². The lowest BCUT2D eigenvalue weighted by Crippen LogP contribution is -2.44. The van der Waals surface area contributed by atoms with Crippen LogP contribution in [0, 0.1) is 5.41 Å². The second kappa shape index (κ2) is 5.01. The molecular formula is C14H17BrClNO2. The van der Waals surface area contributed by atoms with Gasteiger partial charge in [-0.15, -0.1) is 0 Å². The molecule has 3 N–H and O–H groups in total. The Morgan fingerprint density at radius 2 is 2.32 bits per heavy atom. The second-order valence-electron chi connectivity index (χ2n) is 5.53. The van der Waals surface area contributed by atoms with Gasteiger partial charge in [-0.3, -0.25) is 0 Å². The van der Waals surface area contributed by atoms with E-state index in [1.165, 1.54) is 0 Å². The Morgan fingerprint density at radius 1 is 1.53 bits per heavy atom. The fourth-order valence-corrected chi connectivity index (χ4v) is 4.13. The summed E-state index contributed by atoms with van der Waals surface area (Å²) in [5.74, 6) is 0. The number of benzene rings is 1. The van der Waals surface area contributed by atoms with Gasteiger partial charge in [0.05, 0.1) is 18.3 Å². The first kappa shape index (κ1) is 13.8. The zero-order chi connectivity index (χ0) is 13.6. The van der Waals surface area contributed by atoms with Crippen LogP contribution >= 0.6 is 27.5 Å². The van der Waals surface area contributed by atoms with Crippen molar-refractivity contribution < 1.29 is 9.84 Å². The largest absolute Gasteiger partial charge is 0.388 e. The van der Waals surface area contributed by atoms with Crippen molar-refractivity contribution in [1.82, 2.24) is 0 Å². The molecule has 2 bridgehead atoms. The SMILES string of the molecule is NCC1(C(O)c2cc(Cl)ccc2Br)CC2CCC1O2. The molecule has 3 nitrogen and oxygen atoms in total. The van der Waals surface area contributed by atoms with Crippen LogP contribution in [0.1, 0.15) is 30.9 Å². The molecule has 1 aromatic carbocycles. The number of aliphatic hydroxyl groups is 1. The molecule has 0 aliphatic carbocycles. The molecule has 1 aromatic rings. The molecule has 2 fully saturated rings. The fourth-order valence-electron chi connectivity index (χ4n) is 3.48. The van der Waals surface area contributed by atoms with Crippen molar-refractivity contribution in [2.45, 2.75) is 37.6 Å². The first-order chi connectivity index (χ1) is 9.06. The van der Waals surface area contributed by atoms with Gasteiger partial charge in [0.1, 0.15) is 0 Å². The zero-order valence-electron chi connectivity index (χ0n) is 10.5. The van der Waals surface area contributed by atoms with E-state index in [2.05, 4.69) is 15.9 Å². The van der Waals surface area contributed by atoms with Crippen molar-refractivity contribution in [3.05, 3.63) is 33.3 Å². The van der Waals surface area contributed by atoms with Crippen LogP contribution in [-0.4, -0.2) is 23.9 Å². The van der Waals surface area contributed by atoms with Gasteiger partial charge >= 0.3 is 0 Å². The summed E-state index contributed by atoms with van der Waals surface area (Å²) in [5.41, 5.74) is 6.41. The summed E-state index contributed by atoms with van der Waals surface area (Å²) in [6.45, 7) is 0.425. The van der Waals surface area contributed by atoms with E-state index in [1.807, 2.05) is 6.07 Å². The number of rotatable bonds is 3. The van der Waals surface area contributed by atoms with Gasteiger partial charge in [-0.1, -0.05) is 27.5 Å². The van der Waals surface area contributed by atoms with Gasteiger partial charge in [0.15, 0.2) is 0 Å². The van der Waals surface area contributed by atoms with Crippen LogP contribution in [-0.2, 0) is 4.74 Å². The van der Waals surface area contributed by atoms with Crippen molar-refractivity contribution in [3.8, 4) is 0 Å². The third-order valence-electron chi connectivity index (χ3n) is 4.53. The standard InChI is InChI=1S/C14H17BrClNO2/c15-11-3-1-8(16)5-10(11)13(18)14(7-17)6-9-2-4-12(14)19-9/h1,3,5,9,12-13,18H,2,4,6-7,17H2. The van der Waals surface area contributed by atoms with E-state index in [1.54, 1.807) is 12.1 Å². The van der Waals surface area contributed by atoms with Gasteiger partial charge in [-0.05, 0) is 43.0 Å². The highest BCUT2D eigenvalue weighted by Crippen LogP contribution is 2.54. The van der Waals surface area contributed by atoms with Crippen LogP contribution in [0.4, 0.5) is 0 Å². The van der Waals surface area contributed by atoms with Crippen LogP contribution in [0.15, 0.2) is 22.7 Å². The smallest absolute Gasteiger partial charge is 0.0895 e. The molecule has 0 radical (unpaired) electrons. The van der Waals surface area contributed by atoms with Gasteiger partial charge in [-0.25, -0.2) is 0 Å². The molecule has 19 heavy (non-hydrogen) atoms. The van der Waals surface area contributed by atoms with Crippen molar-refractivity contribution in [2.24, 2.45) is 11.1 Å². The molecule has 0 aromatic heterocycles. The molecule has 3 rings (SSSR count). The summed E-state index contributed by atoms with van der Waals surface area (Å²) < 4.78 is 6.76. The Morgan fingerprint density at radius 3 is 2.89 bits per heavy atom. The number of fused-ring (bicyclic) bond motifs is 2. The predicted octanol–water partition coefficient (Wildman–Crippen LogP) is 3.03. The Hall–Kier alpha value is -0.130. The summed E-state index contributed by atoms with van der Waals surface area (Å²) in [5, 5.41) is 11.5. The fraction of sp³-hybridized carbons (Fsp3) is 0.571. The summed E-state index contributed by atoms with van der Waals surface area (Å²) in [6.07, 6.45) is 2.55. The van der Waals surface area contributed by atoms with E-state index >= 15 is 0 Å². The molecule has 104 valence electrons. The van der Waals surface area contributed by atoms with Crippen LogP contribution < -0.4 is 5.73 Å². The highest BCUT2D eigenvalue weighted by Gasteiger charge is 2.56. The van der Waals surface area contributed by atoms with E-state index in [9.17, 15) is 5.11 Å². The lowest BCUT2D eigenvalue weighted by Gasteiger charge is -2.39. The maximum Gasteiger partial charge on any atom is 0.0895 e. The molecule has 2 aliphatic heterocycles. The average molecular weight is 347 g/mol. The minimum Gasteiger partial charge on any atom is -0.388 e. The van der Waals surface area contributed by atoms with E-state index in [4.69, 9.17) is 22.1 Å². The lowest BCUT2D eigenvalue weighted by molar-refractivity contribution is -0.0267. The molecule has 2 aliphatic rings. The number of ether oxygens (including phenoxy) is 1. The quantitative estimate of drug-likeness (QED) is 0.884. The van der Waals surface area contributed by atoms with Crippen LogP contribution in [0.5, 0.6) is 0 Å². The first-order valence-corrected chi connectivity index (χ1v) is 7.72. The van der Waals surface area contributed by atoms with E-state index < -0.39 is 6.10 Å². The Labute approximate surface area is 126 Å². The minimum absolute atomic E-state index is 0.0587. The first-order valence-electron chi connectivity index (χ1n) is 6.55. The molecule has 2 saturated heterocycles. The molecule has 0 amide bonds. The third kappa shape index (κ3) is 2.14. The van der Waals surface area contributed by atoms with E-state index in [-0.39, 0.29) is 17.6 Å². The van der Waals surface area contributed by atoms with Crippen LogP contribution in [0.3, 0.4) is 0 Å². The van der Waals surface area contributed by atoms with Crippen LogP contribution in [0.2, 0.25) is 5.02 Å². The topological polar surface area (TPSA) is 55.5 Å². The summed E-state index contributed by atoms with van der Waals surface area (Å²) in [4.78, 5) is 0. The number of nitrogens with two attached hydrogens (primary N) is 1. The maximum atomic E-state index is 10.8. The highest BCUT2D eigenvalue weighted by molar-refractivity contribution is 9.10.